The van der Waals surface area contributed by atoms with E-state index in [2.05, 4.69) is 56.3 Å². The molecule has 72 heavy (non-hydrogen) atoms. The highest BCUT2D eigenvalue weighted by molar-refractivity contribution is 5.94. The van der Waals surface area contributed by atoms with E-state index in [-0.39, 0.29) is 60.5 Å². The zero-order chi connectivity index (χ0) is 49.3. The molecule has 13 nitrogen and oxygen atoms in total. The number of ether oxygens (including phenoxy) is 4. The number of cyclic esters (lactones) is 2. The number of aliphatic hydroxyl groups is 3. The lowest BCUT2D eigenvalue weighted by molar-refractivity contribution is -0.280. The molecule has 23 atom stereocenters. The Labute approximate surface area is 423 Å². The van der Waals surface area contributed by atoms with Crippen LogP contribution >= 0.6 is 0 Å². The van der Waals surface area contributed by atoms with Crippen LogP contribution in [-0.4, -0.2) is 106 Å². The fourth-order valence-electron chi connectivity index (χ4n) is 22.8. The summed E-state index contributed by atoms with van der Waals surface area (Å²) in [5.41, 5.74) is -5.11. The van der Waals surface area contributed by atoms with Crippen molar-refractivity contribution in [3.63, 3.8) is 0 Å². The average Bonchev–Trinajstić information content (AvgIpc) is 3.66. The largest absolute Gasteiger partial charge is 0.469 e. The molecule has 0 unspecified atom stereocenters. The van der Waals surface area contributed by atoms with Crippen molar-refractivity contribution in [3.05, 3.63) is 47.6 Å². The van der Waals surface area contributed by atoms with Crippen molar-refractivity contribution in [1.82, 2.24) is 10.2 Å². The van der Waals surface area contributed by atoms with Gasteiger partial charge in [0.15, 0.2) is 11.9 Å². The summed E-state index contributed by atoms with van der Waals surface area (Å²) in [4.78, 5) is 48.7. The SMILES string of the molecule is C[C@H](C[C@H]1C=C2C[C@H]3CCC[C@]34C[C@@H]3C[C@@]5(C)[C@H](c6ccoc6C[C@@H]([C@H]6CC[C@@H]7[C@H](C=CN8CNC[C@@H]78)C6)[C@H](O)CO)OC(=O)[C@H]6O[C@]65[C@]5(C)[C@H](O)C(=O)[C@@H]6[C@@]1(C)O[C@]21[C@H]4C(=O)OC[C@@]61[C@@H]35)C1CCCCC1. The van der Waals surface area contributed by atoms with Crippen LogP contribution in [0.3, 0.4) is 0 Å². The minimum absolute atomic E-state index is 0.0426. The molecule has 390 valence electrons. The fraction of sp³-hybridized carbons (Fsp3) is 0.814. The summed E-state index contributed by atoms with van der Waals surface area (Å²) < 4.78 is 35.0. The van der Waals surface area contributed by atoms with Gasteiger partial charge in [0.1, 0.15) is 35.8 Å². The number of carbonyl (C=O) groups is 3. The number of nitrogens with zero attached hydrogens (tertiary/aromatic N) is 1. The number of hydrogen-bond donors (Lipinski definition) is 4. The van der Waals surface area contributed by atoms with Crippen LogP contribution in [-0.2, 0) is 39.8 Å². The fourth-order valence-corrected chi connectivity index (χ4v) is 22.8. The van der Waals surface area contributed by atoms with Crippen LogP contribution in [0.2, 0.25) is 0 Å². The van der Waals surface area contributed by atoms with E-state index < -0.39 is 80.7 Å². The van der Waals surface area contributed by atoms with E-state index in [0.717, 1.165) is 76.6 Å². The highest BCUT2D eigenvalue weighted by Crippen LogP contribution is 2.88. The summed E-state index contributed by atoms with van der Waals surface area (Å²) in [5, 5.41) is 39.4. The molecule has 7 saturated carbocycles. The van der Waals surface area contributed by atoms with Crippen molar-refractivity contribution in [1.29, 1.82) is 0 Å². The molecule has 7 aliphatic heterocycles. The number of Topliss-reactive ketones (excluding diaryl/α,β-unsaturated/α-hetero) is 1. The summed E-state index contributed by atoms with van der Waals surface area (Å²) in [7, 11) is 0. The first-order valence-electron chi connectivity index (χ1n) is 28.8. The monoisotopic (exact) mass is 991 g/mol. The Morgan fingerprint density at radius 2 is 1.79 bits per heavy atom. The van der Waals surface area contributed by atoms with Gasteiger partial charge in [0, 0.05) is 41.3 Å². The van der Waals surface area contributed by atoms with E-state index in [0.29, 0.717) is 48.3 Å². The Hall–Kier alpha value is -3.07. The lowest BCUT2D eigenvalue weighted by atomic mass is 9.33. The van der Waals surface area contributed by atoms with Crippen LogP contribution in [0, 0.1) is 92.7 Å². The van der Waals surface area contributed by atoms with Crippen molar-refractivity contribution >= 4 is 17.7 Å². The summed E-state index contributed by atoms with van der Waals surface area (Å²) >= 11 is 0. The van der Waals surface area contributed by atoms with Gasteiger partial charge in [0.2, 0.25) is 0 Å². The first-order chi connectivity index (χ1) is 34.6. The maximum absolute atomic E-state index is 16.3. The van der Waals surface area contributed by atoms with Crippen molar-refractivity contribution < 1.29 is 53.1 Å². The highest BCUT2D eigenvalue weighted by Gasteiger charge is 2.97. The maximum atomic E-state index is 16.3. The predicted molar refractivity (Wildman–Crippen MR) is 260 cm³/mol. The third-order valence-electron chi connectivity index (χ3n) is 25.3. The zero-order valence-corrected chi connectivity index (χ0v) is 42.9. The number of hydrogen-bond acceptors (Lipinski definition) is 13. The van der Waals surface area contributed by atoms with Crippen molar-refractivity contribution in [3.8, 4) is 0 Å². The van der Waals surface area contributed by atoms with Crippen LogP contribution in [0.15, 0.2) is 40.7 Å². The maximum Gasteiger partial charge on any atom is 0.339 e. The molecule has 0 aromatic carbocycles. The van der Waals surface area contributed by atoms with Gasteiger partial charge >= 0.3 is 11.9 Å². The minimum atomic E-state index is -1.48. The van der Waals surface area contributed by atoms with Crippen molar-refractivity contribution in [2.45, 2.75) is 178 Å². The Kier molecular flexibility index (Phi) is 9.70. The van der Waals surface area contributed by atoms with E-state index in [1.165, 1.54) is 37.7 Å². The number of allylic oxidation sites excluding steroid dienone is 1. The van der Waals surface area contributed by atoms with Crippen LogP contribution in [0.1, 0.15) is 141 Å². The molecule has 13 heteroatoms. The molecule has 8 heterocycles. The normalized spacial score (nSPS) is 53.2. The molecular weight excluding hydrogens is 913 g/mol. The third-order valence-corrected chi connectivity index (χ3v) is 25.3. The van der Waals surface area contributed by atoms with Gasteiger partial charge in [-0.05, 0) is 141 Å². The van der Waals surface area contributed by atoms with E-state index in [1.54, 1.807) is 6.26 Å². The number of fused-ring (bicyclic) bond motifs is 5. The minimum Gasteiger partial charge on any atom is -0.469 e. The lowest BCUT2D eigenvalue weighted by Gasteiger charge is -2.70. The Bertz CT molecular complexity index is 2550. The van der Waals surface area contributed by atoms with Gasteiger partial charge in [-0.1, -0.05) is 71.4 Å². The second-order valence-electron chi connectivity index (χ2n) is 27.5. The Morgan fingerprint density at radius 1 is 0.958 bits per heavy atom. The number of ketones is 1. The molecule has 1 aromatic rings. The summed E-state index contributed by atoms with van der Waals surface area (Å²) in [6, 6.07) is 2.39. The quantitative estimate of drug-likeness (QED) is 0.113. The molecule has 0 radical (unpaired) electrons. The third kappa shape index (κ3) is 5.23. The number of esters is 2. The number of aliphatic hydroxyl groups excluding tert-OH is 3. The number of nitrogens with one attached hydrogen (secondary N) is 1. The molecule has 1 aromatic heterocycles. The smallest absolute Gasteiger partial charge is 0.339 e. The van der Waals surface area contributed by atoms with Gasteiger partial charge in [-0.2, -0.15) is 0 Å². The van der Waals surface area contributed by atoms with Gasteiger partial charge in [-0.25, -0.2) is 4.79 Å². The van der Waals surface area contributed by atoms with Gasteiger partial charge in [0.05, 0.1) is 48.5 Å². The number of epoxide rings is 1. The standard InChI is InChI=1S/C59H78N2O11/c1-30(31-9-6-5-7-10-31)19-36-22-37-21-35-11-8-16-56(35)25-34-24-53(2)49(39-15-18-68-43(39)23-40(42(63)27-62)32-12-13-38-33(20-32)14-17-61-29-60-26-41(38)61)70-52(67)50-59(53,71-50)54(3)45(34)57-28-69-51(66)47(56)58(37,57)72-55(36,4)46(57)44(64)48(54)65/h14-15,17-18,22,30-36,38,40-42,45-50,60,62-63,65H,5-13,16,19-21,23-29H2,1-4H3/t30-,32+,33-,34+,35-,36+,38-,40+,41+,42-,45+,46-,47+,48-,49+,50-,53+,54+,55+,56+,57-,58+,59-/m1/s1. The molecular formula is C59H78N2O11. The Morgan fingerprint density at radius 3 is 2.61 bits per heavy atom. The van der Waals surface area contributed by atoms with E-state index in [1.807, 2.05) is 6.07 Å². The second-order valence-corrected chi connectivity index (χ2v) is 27.5. The van der Waals surface area contributed by atoms with Gasteiger partial charge in [-0.15, -0.1) is 0 Å². The molecule has 5 saturated heterocycles. The first kappa shape index (κ1) is 46.2. The topological polar surface area (TPSA) is 181 Å². The van der Waals surface area contributed by atoms with E-state index in [4.69, 9.17) is 23.4 Å². The van der Waals surface area contributed by atoms with Gasteiger partial charge < -0.3 is 43.6 Å². The number of furan rings is 1. The van der Waals surface area contributed by atoms with Crippen LogP contribution in [0.4, 0.5) is 0 Å². The summed E-state index contributed by atoms with van der Waals surface area (Å²) in [5.74, 6) is -0.191. The number of carbonyl (C=O) groups excluding carboxylic acids is 3. The van der Waals surface area contributed by atoms with Crippen molar-refractivity contribution in [2.24, 2.45) is 92.7 Å². The highest BCUT2D eigenvalue weighted by atomic mass is 16.7. The molecule has 0 amide bonds. The molecule has 5 bridgehead atoms. The van der Waals surface area contributed by atoms with Crippen LogP contribution < -0.4 is 5.32 Å². The Balaban J connectivity index is 0.848. The van der Waals surface area contributed by atoms with E-state index in [9.17, 15) is 20.1 Å². The summed E-state index contributed by atoms with van der Waals surface area (Å²) in [6.45, 7) is 10.3. The molecule has 15 rings (SSSR count). The molecule has 4 spiro atoms. The predicted octanol–water partition coefficient (Wildman–Crippen LogP) is 6.97. The summed E-state index contributed by atoms with van der Waals surface area (Å²) in [6.07, 6.45) is 19.9. The first-order valence-corrected chi connectivity index (χ1v) is 28.8. The molecule has 14 aliphatic rings. The molecule has 12 fully saturated rings. The van der Waals surface area contributed by atoms with E-state index >= 15 is 9.59 Å². The van der Waals surface area contributed by atoms with Crippen LogP contribution in [0.5, 0.6) is 0 Å². The number of rotatable bonds is 9. The second kappa shape index (κ2) is 15.1. The van der Waals surface area contributed by atoms with Gasteiger partial charge in [0.25, 0.3) is 0 Å². The lowest BCUT2D eigenvalue weighted by Crippen LogP contribution is -2.80. The molecule has 4 N–H and O–H groups in total. The molecule has 7 aliphatic carbocycles. The zero-order valence-electron chi connectivity index (χ0n) is 42.9. The van der Waals surface area contributed by atoms with Crippen LogP contribution in [0.25, 0.3) is 0 Å². The average molecular weight is 991 g/mol. The van der Waals surface area contributed by atoms with Gasteiger partial charge in [-0.3, -0.25) is 14.9 Å². The van der Waals surface area contributed by atoms with Crippen molar-refractivity contribution in [2.75, 3.05) is 26.4 Å².